The van der Waals surface area contributed by atoms with E-state index in [1.165, 1.54) is 0 Å². The molecule has 0 aliphatic rings. The lowest BCUT2D eigenvalue weighted by Gasteiger charge is -2.05. The van der Waals surface area contributed by atoms with Gasteiger partial charge in [-0.05, 0) is 41.8 Å². The van der Waals surface area contributed by atoms with Crippen molar-refractivity contribution < 1.29 is 4.79 Å². The van der Waals surface area contributed by atoms with E-state index in [0.717, 1.165) is 10.9 Å². The molecule has 96 valence electrons. The fraction of sp³-hybridized carbons (Fsp3) is 0. The molecule has 20 heavy (non-hydrogen) atoms. The highest BCUT2D eigenvalue weighted by Crippen LogP contribution is 2.18. The van der Waals surface area contributed by atoms with E-state index in [9.17, 15) is 4.79 Å². The Kier molecular flexibility index (Phi) is 2.94. The Balaban J connectivity index is 1.86. The molecule has 2 N–H and O–H groups in total. The lowest BCUT2D eigenvalue weighted by atomic mass is 10.1. The van der Waals surface area contributed by atoms with Gasteiger partial charge in [-0.1, -0.05) is 12.1 Å². The van der Waals surface area contributed by atoms with Crippen LogP contribution in [0.15, 0.2) is 54.7 Å². The molecule has 0 bridgehead atoms. The Morgan fingerprint density at radius 2 is 2.05 bits per heavy atom. The van der Waals surface area contributed by atoms with Gasteiger partial charge in [0.15, 0.2) is 0 Å². The molecule has 1 heterocycles. The summed E-state index contributed by atoms with van der Waals surface area (Å²) in [5.74, 6) is -0.229. The normalized spacial score (nSPS) is 10.2. The first-order valence-electron chi connectivity index (χ1n) is 6.15. The third kappa shape index (κ3) is 2.25. The molecular formula is C16H11N3O. The lowest BCUT2D eigenvalue weighted by Crippen LogP contribution is -2.11. The van der Waals surface area contributed by atoms with Crippen molar-refractivity contribution >= 4 is 22.5 Å². The number of fused-ring (bicyclic) bond motifs is 1. The van der Waals surface area contributed by atoms with Gasteiger partial charge < -0.3 is 10.3 Å². The second kappa shape index (κ2) is 4.90. The number of benzene rings is 2. The first-order valence-corrected chi connectivity index (χ1v) is 6.15. The molecule has 3 rings (SSSR count). The van der Waals surface area contributed by atoms with Crippen LogP contribution in [0.2, 0.25) is 0 Å². The number of hydrogen-bond donors (Lipinski definition) is 2. The van der Waals surface area contributed by atoms with Crippen LogP contribution in [0.4, 0.5) is 5.69 Å². The van der Waals surface area contributed by atoms with Crippen LogP contribution in [0, 0.1) is 11.3 Å². The van der Waals surface area contributed by atoms with Crippen molar-refractivity contribution in [1.29, 1.82) is 5.26 Å². The topological polar surface area (TPSA) is 68.7 Å². The molecule has 0 aliphatic heterocycles. The van der Waals surface area contributed by atoms with Gasteiger partial charge >= 0.3 is 0 Å². The molecule has 0 fully saturated rings. The Morgan fingerprint density at radius 3 is 2.90 bits per heavy atom. The number of hydrogen-bond acceptors (Lipinski definition) is 2. The summed E-state index contributed by atoms with van der Waals surface area (Å²) in [5.41, 5.74) is 2.62. The quantitative estimate of drug-likeness (QED) is 0.743. The average molecular weight is 261 g/mol. The third-order valence-corrected chi connectivity index (χ3v) is 3.07. The molecular weight excluding hydrogens is 250 g/mol. The molecule has 0 atom stereocenters. The standard InChI is InChI=1S/C16H11N3O/c17-10-11-2-1-3-13(8-11)16(20)19-14-5-4-12-6-7-18-15(12)9-14/h1-9,18H,(H,19,20). The van der Waals surface area contributed by atoms with Crippen molar-refractivity contribution in [3.8, 4) is 6.07 Å². The van der Waals surface area contributed by atoms with Gasteiger partial charge in [0.05, 0.1) is 11.6 Å². The molecule has 4 heteroatoms. The summed E-state index contributed by atoms with van der Waals surface area (Å²) >= 11 is 0. The van der Waals surface area contributed by atoms with Crippen LogP contribution in [-0.4, -0.2) is 10.9 Å². The fourth-order valence-corrected chi connectivity index (χ4v) is 2.06. The van der Waals surface area contributed by atoms with Crippen molar-refractivity contribution in [3.63, 3.8) is 0 Å². The number of nitrogens with one attached hydrogen (secondary N) is 2. The van der Waals surface area contributed by atoms with Gasteiger partial charge in [0.25, 0.3) is 5.91 Å². The van der Waals surface area contributed by atoms with E-state index in [1.807, 2.05) is 36.5 Å². The summed E-state index contributed by atoms with van der Waals surface area (Å²) in [6.45, 7) is 0. The highest BCUT2D eigenvalue weighted by Gasteiger charge is 2.07. The predicted octanol–water partition coefficient (Wildman–Crippen LogP) is 3.29. The van der Waals surface area contributed by atoms with Gasteiger partial charge in [-0.15, -0.1) is 0 Å². The number of amides is 1. The fourth-order valence-electron chi connectivity index (χ4n) is 2.06. The van der Waals surface area contributed by atoms with Crippen molar-refractivity contribution in [2.75, 3.05) is 5.32 Å². The van der Waals surface area contributed by atoms with Crippen LogP contribution >= 0.6 is 0 Å². The van der Waals surface area contributed by atoms with E-state index in [4.69, 9.17) is 5.26 Å². The minimum atomic E-state index is -0.229. The summed E-state index contributed by atoms with van der Waals surface area (Å²) < 4.78 is 0. The van der Waals surface area contributed by atoms with Crippen molar-refractivity contribution in [3.05, 3.63) is 65.9 Å². The number of aromatic amines is 1. The maximum atomic E-state index is 12.1. The van der Waals surface area contributed by atoms with Crippen molar-refractivity contribution in [2.24, 2.45) is 0 Å². The van der Waals surface area contributed by atoms with Crippen LogP contribution in [0.5, 0.6) is 0 Å². The summed E-state index contributed by atoms with van der Waals surface area (Å²) in [7, 11) is 0. The number of nitrogens with zero attached hydrogens (tertiary/aromatic N) is 1. The minimum Gasteiger partial charge on any atom is -0.361 e. The number of anilines is 1. The highest BCUT2D eigenvalue weighted by atomic mass is 16.1. The molecule has 0 aliphatic carbocycles. The zero-order valence-electron chi connectivity index (χ0n) is 10.6. The molecule has 3 aromatic rings. The number of H-pyrrole nitrogens is 1. The van der Waals surface area contributed by atoms with Gasteiger partial charge in [0, 0.05) is 23.0 Å². The molecule has 0 saturated heterocycles. The Morgan fingerprint density at radius 1 is 1.15 bits per heavy atom. The minimum absolute atomic E-state index is 0.229. The molecule has 1 amide bonds. The molecule has 0 radical (unpaired) electrons. The maximum Gasteiger partial charge on any atom is 0.255 e. The van der Waals surface area contributed by atoms with Gasteiger partial charge in [-0.25, -0.2) is 0 Å². The van der Waals surface area contributed by atoms with E-state index < -0.39 is 0 Å². The van der Waals surface area contributed by atoms with Crippen LogP contribution < -0.4 is 5.32 Å². The van der Waals surface area contributed by atoms with Gasteiger partial charge in [0.2, 0.25) is 0 Å². The lowest BCUT2D eigenvalue weighted by molar-refractivity contribution is 0.102. The second-order valence-corrected chi connectivity index (χ2v) is 4.43. The third-order valence-electron chi connectivity index (χ3n) is 3.07. The van der Waals surface area contributed by atoms with Crippen molar-refractivity contribution in [1.82, 2.24) is 4.98 Å². The number of rotatable bonds is 2. The smallest absolute Gasteiger partial charge is 0.255 e. The zero-order valence-corrected chi connectivity index (χ0v) is 10.6. The van der Waals surface area contributed by atoms with E-state index in [0.29, 0.717) is 16.8 Å². The van der Waals surface area contributed by atoms with Crippen LogP contribution in [-0.2, 0) is 0 Å². The first kappa shape index (κ1) is 12.0. The maximum absolute atomic E-state index is 12.1. The van der Waals surface area contributed by atoms with Crippen LogP contribution in [0.25, 0.3) is 10.9 Å². The van der Waals surface area contributed by atoms with Gasteiger partial charge in [0.1, 0.15) is 0 Å². The molecule has 1 aromatic heterocycles. The Hall–Kier alpha value is -3.06. The Bertz CT molecular complexity index is 827. The van der Waals surface area contributed by atoms with E-state index in [1.54, 1.807) is 24.3 Å². The molecule has 0 spiro atoms. The summed E-state index contributed by atoms with van der Waals surface area (Å²) in [4.78, 5) is 15.2. The molecule has 2 aromatic carbocycles. The monoisotopic (exact) mass is 261 g/mol. The zero-order chi connectivity index (χ0) is 13.9. The molecule has 4 nitrogen and oxygen atoms in total. The second-order valence-electron chi connectivity index (χ2n) is 4.43. The molecule has 0 saturated carbocycles. The summed E-state index contributed by atoms with van der Waals surface area (Å²) in [5, 5.41) is 12.8. The molecule has 0 unspecified atom stereocenters. The average Bonchev–Trinajstić information content (AvgIpc) is 2.95. The Labute approximate surface area is 115 Å². The summed E-state index contributed by atoms with van der Waals surface area (Å²) in [6, 6.07) is 16.3. The number of nitriles is 1. The van der Waals surface area contributed by atoms with Crippen LogP contribution in [0.1, 0.15) is 15.9 Å². The van der Waals surface area contributed by atoms with Crippen LogP contribution in [0.3, 0.4) is 0 Å². The van der Waals surface area contributed by atoms with Crippen molar-refractivity contribution in [2.45, 2.75) is 0 Å². The first-order chi connectivity index (χ1) is 9.76. The number of carbonyl (C=O) groups excluding carboxylic acids is 1. The summed E-state index contributed by atoms with van der Waals surface area (Å²) in [6.07, 6.45) is 1.85. The largest absolute Gasteiger partial charge is 0.361 e. The number of carbonyl (C=O) groups is 1. The van der Waals surface area contributed by atoms with E-state index in [2.05, 4.69) is 10.3 Å². The van der Waals surface area contributed by atoms with Gasteiger partial charge in [-0.2, -0.15) is 5.26 Å². The number of aromatic nitrogens is 1. The van der Waals surface area contributed by atoms with E-state index >= 15 is 0 Å². The van der Waals surface area contributed by atoms with E-state index in [-0.39, 0.29) is 5.91 Å². The van der Waals surface area contributed by atoms with Gasteiger partial charge in [-0.3, -0.25) is 4.79 Å². The SMILES string of the molecule is N#Cc1cccc(C(=O)Nc2ccc3cc[nH]c3c2)c1. The predicted molar refractivity (Wildman–Crippen MR) is 77.4 cm³/mol. The highest BCUT2D eigenvalue weighted by molar-refractivity contribution is 6.05.